The lowest BCUT2D eigenvalue weighted by molar-refractivity contribution is 0.745. The van der Waals surface area contributed by atoms with E-state index < -0.39 is 0 Å². The number of hydrogen-bond donors (Lipinski definition) is 1. The van der Waals surface area contributed by atoms with E-state index >= 15 is 0 Å². The summed E-state index contributed by atoms with van der Waals surface area (Å²) in [5, 5.41) is 1.66. The molecule has 3 aromatic rings. The van der Waals surface area contributed by atoms with Gasteiger partial charge < -0.3 is 4.98 Å². The van der Waals surface area contributed by atoms with Crippen LogP contribution in [0.3, 0.4) is 0 Å². The van der Waals surface area contributed by atoms with Gasteiger partial charge in [0.2, 0.25) is 0 Å². The lowest BCUT2D eigenvalue weighted by Gasteiger charge is -2.09. The second kappa shape index (κ2) is 7.97. The zero-order valence-corrected chi connectivity index (χ0v) is 16.0. The molecule has 0 bridgehead atoms. The molecule has 0 fully saturated rings. The van der Waals surface area contributed by atoms with Crippen LogP contribution in [0.4, 0.5) is 0 Å². The molecular formula is C19H21N3OS2. The van der Waals surface area contributed by atoms with E-state index in [1.54, 1.807) is 29.2 Å². The van der Waals surface area contributed by atoms with Crippen molar-refractivity contribution in [3.63, 3.8) is 0 Å². The molecule has 2 aromatic heterocycles. The third-order valence-electron chi connectivity index (χ3n) is 3.64. The Morgan fingerprint density at radius 3 is 2.84 bits per heavy atom. The lowest BCUT2D eigenvalue weighted by Crippen LogP contribution is -2.19. The number of thiazole rings is 1. The first-order valence-corrected chi connectivity index (χ1v) is 10.1. The van der Waals surface area contributed by atoms with Crippen LogP contribution in [0.25, 0.3) is 10.2 Å². The molecule has 0 aliphatic rings. The number of benzene rings is 1. The quantitative estimate of drug-likeness (QED) is 0.379. The molecule has 0 spiro atoms. The smallest absolute Gasteiger partial charge is 0.255 e. The number of thioether (sulfide) groups is 1. The van der Waals surface area contributed by atoms with Crippen molar-refractivity contribution >= 4 is 33.3 Å². The Bertz CT molecular complexity index is 910. The highest BCUT2D eigenvalue weighted by molar-refractivity contribution is 7.99. The fourth-order valence-electron chi connectivity index (χ4n) is 2.48. The van der Waals surface area contributed by atoms with E-state index in [1.165, 1.54) is 0 Å². The molecule has 0 aliphatic carbocycles. The highest BCUT2D eigenvalue weighted by Gasteiger charge is 2.14. The lowest BCUT2D eigenvalue weighted by atomic mass is 10.1. The van der Waals surface area contributed by atoms with Gasteiger partial charge in [-0.25, -0.2) is 9.97 Å². The van der Waals surface area contributed by atoms with Crippen LogP contribution in [0.2, 0.25) is 0 Å². The third kappa shape index (κ3) is 4.38. The molecule has 0 atom stereocenters. The summed E-state index contributed by atoms with van der Waals surface area (Å²) in [5.41, 5.74) is 2.40. The Morgan fingerprint density at radius 2 is 2.12 bits per heavy atom. The van der Waals surface area contributed by atoms with Crippen LogP contribution in [0.1, 0.15) is 30.1 Å². The summed E-state index contributed by atoms with van der Waals surface area (Å²) < 4.78 is 1.15. The SMILES string of the molecule is C=CCc1c(Cc2nc3ccccc3s2)nc(SCC(C)C)[nH]c1=O. The highest BCUT2D eigenvalue weighted by atomic mass is 32.2. The number of aromatic amines is 1. The second-order valence-corrected chi connectivity index (χ2v) is 8.37. The summed E-state index contributed by atoms with van der Waals surface area (Å²) in [7, 11) is 0. The minimum absolute atomic E-state index is 0.0720. The fourth-order valence-corrected chi connectivity index (χ4v) is 4.28. The molecule has 1 aromatic carbocycles. The van der Waals surface area contributed by atoms with Gasteiger partial charge in [0.1, 0.15) is 0 Å². The number of H-pyrrole nitrogens is 1. The molecule has 6 heteroatoms. The summed E-state index contributed by atoms with van der Waals surface area (Å²) >= 11 is 3.24. The Morgan fingerprint density at radius 1 is 1.32 bits per heavy atom. The van der Waals surface area contributed by atoms with Crippen molar-refractivity contribution in [3.05, 3.63) is 63.5 Å². The fraction of sp³-hybridized carbons (Fsp3) is 0.316. The molecule has 2 heterocycles. The van der Waals surface area contributed by atoms with Crippen LogP contribution in [0.5, 0.6) is 0 Å². The second-order valence-electron chi connectivity index (χ2n) is 6.25. The molecular weight excluding hydrogens is 350 g/mol. The predicted octanol–water partition coefficient (Wildman–Crippen LogP) is 4.45. The molecule has 0 radical (unpaired) electrons. The number of aromatic nitrogens is 3. The van der Waals surface area contributed by atoms with E-state index in [4.69, 9.17) is 4.98 Å². The van der Waals surface area contributed by atoms with Crippen molar-refractivity contribution in [2.24, 2.45) is 5.92 Å². The van der Waals surface area contributed by atoms with E-state index in [1.807, 2.05) is 18.2 Å². The van der Waals surface area contributed by atoms with Crippen molar-refractivity contribution in [1.82, 2.24) is 15.0 Å². The number of nitrogens with zero attached hydrogens (tertiary/aromatic N) is 2. The van der Waals surface area contributed by atoms with Gasteiger partial charge in [-0.15, -0.1) is 17.9 Å². The molecule has 0 saturated heterocycles. The first-order valence-electron chi connectivity index (χ1n) is 8.27. The number of nitrogens with one attached hydrogen (secondary N) is 1. The van der Waals surface area contributed by atoms with Crippen molar-refractivity contribution < 1.29 is 0 Å². The topological polar surface area (TPSA) is 58.6 Å². The van der Waals surface area contributed by atoms with E-state index in [0.29, 0.717) is 29.5 Å². The van der Waals surface area contributed by atoms with Crippen molar-refractivity contribution in [3.8, 4) is 0 Å². The highest BCUT2D eigenvalue weighted by Crippen LogP contribution is 2.24. The normalized spacial score (nSPS) is 11.3. The maximum Gasteiger partial charge on any atom is 0.255 e. The Balaban J connectivity index is 1.96. The Hall–Kier alpha value is -1.92. The van der Waals surface area contributed by atoms with Crippen molar-refractivity contribution in [2.75, 3.05) is 5.75 Å². The van der Waals surface area contributed by atoms with Gasteiger partial charge in [0.05, 0.1) is 20.9 Å². The largest absolute Gasteiger partial charge is 0.301 e. The molecule has 1 N–H and O–H groups in total. The maximum absolute atomic E-state index is 12.5. The first kappa shape index (κ1) is 17.9. The number of allylic oxidation sites excluding steroid dienone is 1. The van der Waals surface area contributed by atoms with Crippen LogP contribution < -0.4 is 5.56 Å². The van der Waals surface area contributed by atoms with E-state index in [9.17, 15) is 4.79 Å². The van der Waals surface area contributed by atoms with Crippen molar-refractivity contribution in [1.29, 1.82) is 0 Å². The summed E-state index contributed by atoms with van der Waals surface area (Å²) in [6, 6.07) is 8.08. The monoisotopic (exact) mass is 371 g/mol. The average molecular weight is 372 g/mol. The van der Waals surface area contributed by atoms with E-state index in [-0.39, 0.29) is 5.56 Å². The molecule has 0 saturated carbocycles. The van der Waals surface area contributed by atoms with Crippen LogP contribution in [-0.4, -0.2) is 20.7 Å². The molecule has 3 rings (SSSR count). The van der Waals surface area contributed by atoms with Gasteiger partial charge in [0.25, 0.3) is 5.56 Å². The number of fused-ring (bicyclic) bond motifs is 1. The zero-order valence-electron chi connectivity index (χ0n) is 14.4. The van der Waals surface area contributed by atoms with Gasteiger partial charge >= 0.3 is 0 Å². The molecule has 0 unspecified atom stereocenters. The predicted molar refractivity (Wildman–Crippen MR) is 107 cm³/mol. The van der Waals surface area contributed by atoms with Gasteiger partial charge in [-0.3, -0.25) is 4.79 Å². The van der Waals surface area contributed by atoms with Gasteiger partial charge in [-0.2, -0.15) is 0 Å². The zero-order chi connectivity index (χ0) is 17.8. The standard InChI is InChI=1S/C19H21N3OS2/c1-4-7-13-15(21-19(22-18(13)23)24-11-12(2)3)10-17-20-14-8-5-6-9-16(14)25-17/h4-6,8-9,12H,1,7,10-11H2,2-3H3,(H,21,22,23). The third-order valence-corrected chi connectivity index (χ3v) is 5.97. The van der Waals surface area contributed by atoms with Gasteiger partial charge in [0.15, 0.2) is 5.16 Å². The summed E-state index contributed by atoms with van der Waals surface area (Å²) in [4.78, 5) is 24.8. The number of rotatable bonds is 7. The van der Waals surface area contributed by atoms with Gasteiger partial charge in [-0.05, 0) is 24.5 Å². The minimum Gasteiger partial charge on any atom is -0.301 e. The molecule has 0 amide bonds. The van der Waals surface area contributed by atoms with Crippen LogP contribution >= 0.6 is 23.1 Å². The van der Waals surface area contributed by atoms with Gasteiger partial charge in [0, 0.05) is 17.7 Å². The molecule has 25 heavy (non-hydrogen) atoms. The van der Waals surface area contributed by atoms with Crippen molar-refractivity contribution in [2.45, 2.75) is 31.8 Å². The van der Waals surface area contributed by atoms with Crippen LogP contribution in [0.15, 0.2) is 46.9 Å². The van der Waals surface area contributed by atoms with E-state index in [2.05, 4.69) is 36.5 Å². The maximum atomic E-state index is 12.5. The van der Waals surface area contributed by atoms with Gasteiger partial charge in [-0.1, -0.05) is 43.8 Å². The summed E-state index contributed by atoms with van der Waals surface area (Å²) in [6.07, 6.45) is 2.83. The van der Waals surface area contributed by atoms with Crippen LogP contribution in [0, 0.1) is 5.92 Å². The Kier molecular flexibility index (Phi) is 5.71. The average Bonchev–Trinajstić information content (AvgIpc) is 2.98. The van der Waals surface area contributed by atoms with Crippen LogP contribution in [-0.2, 0) is 12.8 Å². The molecule has 130 valence electrons. The van der Waals surface area contributed by atoms with E-state index in [0.717, 1.165) is 26.7 Å². The first-order chi connectivity index (χ1) is 12.1. The number of para-hydroxylation sites is 1. The summed E-state index contributed by atoms with van der Waals surface area (Å²) in [5.74, 6) is 1.46. The Labute approximate surface area is 155 Å². The summed E-state index contributed by atoms with van der Waals surface area (Å²) in [6.45, 7) is 8.07. The molecule has 0 aliphatic heterocycles. The number of hydrogen-bond acceptors (Lipinski definition) is 5. The molecule has 4 nitrogen and oxygen atoms in total. The minimum atomic E-state index is -0.0720.